The SMILES string of the molecule is COC(=O)C1=C(C)NC2=C(C(=O)[C@H](C(=O)OC)[C@@H](c3cccs3)C2)[C@@H]1c1ccc(O)c(OC)c1. The molecule has 0 fully saturated rings. The van der Waals surface area contributed by atoms with E-state index in [1.165, 1.54) is 38.7 Å². The highest BCUT2D eigenvalue weighted by Gasteiger charge is 2.49. The molecule has 1 aliphatic carbocycles. The monoisotopic (exact) mass is 483 g/mol. The van der Waals surface area contributed by atoms with Crippen LogP contribution in [0.15, 0.2) is 58.3 Å². The standard InChI is InChI=1S/C25H25NO7S/c1-12-19(24(29)32-3)20(13-7-8-16(27)17(10-13)31-2)22-15(26-12)11-14(18-6-5-9-34-18)21(23(22)28)25(30)33-4/h5-10,14,20-21,26-27H,11H2,1-4H3/t14-,20-,21-/m1/s1. The molecule has 2 aliphatic rings. The summed E-state index contributed by atoms with van der Waals surface area (Å²) in [5.74, 6) is -3.78. The van der Waals surface area contributed by atoms with E-state index in [2.05, 4.69) is 5.32 Å². The molecule has 0 bridgehead atoms. The molecule has 0 amide bonds. The largest absolute Gasteiger partial charge is 0.504 e. The molecule has 4 rings (SSSR count). The first-order valence-electron chi connectivity index (χ1n) is 10.6. The van der Waals surface area contributed by atoms with Crippen molar-refractivity contribution in [2.45, 2.75) is 25.2 Å². The smallest absolute Gasteiger partial charge is 0.336 e. The van der Waals surface area contributed by atoms with Gasteiger partial charge in [0.05, 0.1) is 26.9 Å². The van der Waals surface area contributed by atoms with Crippen LogP contribution in [0.1, 0.15) is 35.6 Å². The first-order valence-corrected chi connectivity index (χ1v) is 11.5. The summed E-state index contributed by atoms with van der Waals surface area (Å²) in [4.78, 5) is 40.6. The van der Waals surface area contributed by atoms with Gasteiger partial charge in [0.2, 0.25) is 0 Å². The van der Waals surface area contributed by atoms with Gasteiger partial charge in [-0.1, -0.05) is 12.1 Å². The van der Waals surface area contributed by atoms with Gasteiger partial charge in [-0.05, 0) is 42.5 Å². The van der Waals surface area contributed by atoms with Crippen molar-refractivity contribution in [2.24, 2.45) is 5.92 Å². The number of aromatic hydroxyl groups is 1. The molecule has 1 aliphatic heterocycles. The summed E-state index contributed by atoms with van der Waals surface area (Å²) in [6.07, 6.45) is 0.388. The zero-order chi connectivity index (χ0) is 24.6. The highest BCUT2D eigenvalue weighted by atomic mass is 32.1. The number of carbonyl (C=O) groups is 3. The molecule has 0 spiro atoms. The molecule has 8 nitrogen and oxygen atoms in total. The van der Waals surface area contributed by atoms with E-state index in [4.69, 9.17) is 14.2 Å². The van der Waals surface area contributed by atoms with E-state index in [0.29, 0.717) is 29.0 Å². The number of rotatable bonds is 5. The Morgan fingerprint density at radius 2 is 1.91 bits per heavy atom. The third kappa shape index (κ3) is 3.86. The second-order valence-electron chi connectivity index (χ2n) is 8.10. The zero-order valence-electron chi connectivity index (χ0n) is 19.2. The lowest BCUT2D eigenvalue weighted by Crippen LogP contribution is -2.43. The Labute approximate surface area is 200 Å². The fourth-order valence-corrected chi connectivity index (χ4v) is 5.66. The third-order valence-corrected chi connectivity index (χ3v) is 7.33. The summed E-state index contributed by atoms with van der Waals surface area (Å²) in [6, 6.07) is 8.43. The number of thiophene rings is 1. The number of phenolic OH excluding ortho intramolecular Hbond substituents is 1. The van der Waals surface area contributed by atoms with Crippen molar-refractivity contribution < 1.29 is 33.7 Å². The number of methoxy groups -OCH3 is 3. The van der Waals surface area contributed by atoms with Crippen LogP contribution in [0.3, 0.4) is 0 Å². The molecule has 1 aromatic carbocycles. The topological polar surface area (TPSA) is 111 Å². The van der Waals surface area contributed by atoms with E-state index in [9.17, 15) is 19.5 Å². The van der Waals surface area contributed by atoms with Gasteiger partial charge in [0.1, 0.15) is 5.92 Å². The van der Waals surface area contributed by atoms with E-state index in [-0.39, 0.29) is 17.1 Å². The number of ether oxygens (including phenoxy) is 3. The molecule has 0 saturated heterocycles. The Morgan fingerprint density at radius 1 is 1.15 bits per heavy atom. The summed E-state index contributed by atoms with van der Waals surface area (Å²) in [7, 11) is 3.95. The van der Waals surface area contributed by atoms with Gasteiger partial charge in [-0.2, -0.15) is 0 Å². The molecule has 2 N–H and O–H groups in total. The van der Waals surface area contributed by atoms with Crippen molar-refractivity contribution in [3.8, 4) is 11.5 Å². The lowest BCUT2D eigenvalue weighted by Gasteiger charge is -2.39. The predicted octanol–water partition coefficient (Wildman–Crippen LogP) is 3.40. The van der Waals surface area contributed by atoms with Crippen LogP contribution in [0.25, 0.3) is 0 Å². The van der Waals surface area contributed by atoms with E-state index >= 15 is 0 Å². The minimum Gasteiger partial charge on any atom is -0.504 e. The number of phenols is 1. The average Bonchev–Trinajstić information content (AvgIpc) is 3.37. The van der Waals surface area contributed by atoms with Gasteiger partial charge >= 0.3 is 11.9 Å². The summed E-state index contributed by atoms with van der Waals surface area (Å²) in [6.45, 7) is 1.75. The number of benzene rings is 1. The Hall–Kier alpha value is -3.59. The Balaban J connectivity index is 1.93. The number of hydrogen-bond donors (Lipinski definition) is 2. The van der Waals surface area contributed by atoms with Gasteiger partial charge in [-0.15, -0.1) is 11.3 Å². The molecule has 0 radical (unpaired) electrons. The van der Waals surface area contributed by atoms with Crippen LogP contribution >= 0.6 is 11.3 Å². The second-order valence-corrected chi connectivity index (χ2v) is 9.08. The van der Waals surface area contributed by atoms with Crippen LogP contribution < -0.4 is 10.1 Å². The first kappa shape index (κ1) is 23.6. The fourth-order valence-electron chi connectivity index (χ4n) is 4.79. The number of esters is 2. The lowest BCUT2D eigenvalue weighted by atomic mass is 9.68. The van der Waals surface area contributed by atoms with E-state index in [1.54, 1.807) is 19.1 Å². The lowest BCUT2D eigenvalue weighted by molar-refractivity contribution is -0.149. The van der Waals surface area contributed by atoms with Gasteiger partial charge in [0.15, 0.2) is 17.3 Å². The Morgan fingerprint density at radius 3 is 2.53 bits per heavy atom. The van der Waals surface area contributed by atoms with Crippen LogP contribution in [0, 0.1) is 5.92 Å². The van der Waals surface area contributed by atoms with Crippen LogP contribution in [-0.4, -0.2) is 44.2 Å². The molecular formula is C25H25NO7S. The van der Waals surface area contributed by atoms with Gasteiger partial charge in [0, 0.05) is 33.7 Å². The molecule has 2 heterocycles. The van der Waals surface area contributed by atoms with Crippen molar-refractivity contribution >= 4 is 29.1 Å². The number of carbonyl (C=O) groups excluding carboxylic acids is 3. The van der Waals surface area contributed by atoms with Crippen LogP contribution in [0.2, 0.25) is 0 Å². The summed E-state index contributed by atoms with van der Waals surface area (Å²) < 4.78 is 15.3. The maximum absolute atomic E-state index is 14.0. The van der Waals surface area contributed by atoms with Crippen LogP contribution in [0.4, 0.5) is 0 Å². The number of allylic oxidation sites excluding steroid dienone is 3. The molecule has 0 saturated carbocycles. The second kappa shape index (κ2) is 9.34. The van der Waals surface area contributed by atoms with E-state index in [0.717, 1.165) is 4.88 Å². The van der Waals surface area contributed by atoms with Crippen molar-refractivity contribution in [1.82, 2.24) is 5.32 Å². The van der Waals surface area contributed by atoms with Crippen LogP contribution in [0.5, 0.6) is 11.5 Å². The minimum absolute atomic E-state index is 0.0742. The minimum atomic E-state index is -1.05. The quantitative estimate of drug-likeness (QED) is 0.492. The Bertz CT molecular complexity index is 1210. The van der Waals surface area contributed by atoms with Gasteiger partial charge in [-0.25, -0.2) is 4.79 Å². The number of dihydropyridines is 1. The third-order valence-electron chi connectivity index (χ3n) is 6.33. The zero-order valence-corrected chi connectivity index (χ0v) is 20.0. The predicted molar refractivity (Wildman–Crippen MR) is 124 cm³/mol. The Kier molecular flexibility index (Phi) is 6.47. The number of ketones is 1. The van der Waals surface area contributed by atoms with Crippen LogP contribution in [-0.2, 0) is 23.9 Å². The molecule has 2 aromatic rings. The molecule has 178 valence electrons. The summed E-state index contributed by atoms with van der Waals surface area (Å²) in [5.41, 5.74) is 2.31. The summed E-state index contributed by atoms with van der Waals surface area (Å²) in [5, 5.41) is 15.2. The molecule has 9 heteroatoms. The van der Waals surface area contributed by atoms with Crippen molar-refractivity contribution in [2.75, 3.05) is 21.3 Å². The molecular weight excluding hydrogens is 458 g/mol. The molecule has 1 aromatic heterocycles. The maximum atomic E-state index is 14.0. The number of hydrogen-bond acceptors (Lipinski definition) is 9. The highest BCUT2D eigenvalue weighted by Crippen LogP contribution is 2.49. The molecule has 0 unspecified atom stereocenters. The maximum Gasteiger partial charge on any atom is 0.336 e. The molecule has 3 atom stereocenters. The highest BCUT2D eigenvalue weighted by molar-refractivity contribution is 7.10. The normalized spacial score (nSPS) is 22.1. The number of Topliss-reactive ketones (excluding diaryl/α,β-unsaturated/α-hetero) is 1. The van der Waals surface area contributed by atoms with Crippen molar-refractivity contribution in [1.29, 1.82) is 0 Å². The fraction of sp³-hybridized carbons (Fsp3) is 0.320. The number of nitrogens with one attached hydrogen (secondary N) is 1. The summed E-state index contributed by atoms with van der Waals surface area (Å²) >= 11 is 1.48. The van der Waals surface area contributed by atoms with E-state index in [1.807, 2.05) is 17.5 Å². The first-order chi connectivity index (χ1) is 16.3. The van der Waals surface area contributed by atoms with Gasteiger partial charge in [0.25, 0.3) is 0 Å². The van der Waals surface area contributed by atoms with Gasteiger partial charge in [-0.3, -0.25) is 9.59 Å². The van der Waals surface area contributed by atoms with Crippen molar-refractivity contribution in [3.63, 3.8) is 0 Å². The van der Waals surface area contributed by atoms with Gasteiger partial charge < -0.3 is 24.6 Å². The van der Waals surface area contributed by atoms with Crippen molar-refractivity contribution in [3.05, 3.63) is 68.7 Å². The van der Waals surface area contributed by atoms with E-state index < -0.39 is 35.5 Å². The molecule has 34 heavy (non-hydrogen) atoms. The average molecular weight is 484 g/mol.